The van der Waals surface area contributed by atoms with Crippen LogP contribution in [0.25, 0.3) is 10.9 Å². The lowest BCUT2D eigenvalue weighted by Gasteiger charge is -2.23. The molecule has 0 aliphatic rings. The molecule has 0 aliphatic carbocycles. The number of nitrogens with zero attached hydrogens (tertiary/aromatic N) is 2. The summed E-state index contributed by atoms with van der Waals surface area (Å²) < 4.78 is 6.55. The lowest BCUT2D eigenvalue weighted by molar-refractivity contribution is -0.149. The van der Waals surface area contributed by atoms with E-state index in [1.807, 2.05) is 31.2 Å². The first kappa shape index (κ1) is 11.6. The summed E-state index contributed by atoms with van der Waals surface area (Å²) in [7, 11) is 1.39. The molecule has 0 amide bonds. The highest BCUT2D eigenvalue weighted by Gasteiger charge is 2.33. The van der Waals surface area contributed by atoms with E-state index in [1.54, 1.807) is 18.5 Å². The molecule has 0 atom stereocenters. The highest BCUT2D eigenvalue weighted by molar-refractivity contribution is 5.85. The average molecular weight is 232 g/mol. The highest BCUT2D eigenvalue weighted by atomic mass is 16.5. The standard InChI is InChI=1S/C13H16N2O2/c1-9-10-7-5-6-8-11(10)15(14-9)13(2,3)12(16)17-4/h5-8H,1-4H3. The van der Waals surface area contributed by atoms with Gasteiger partial charge in [0.1, 0.15) is 0 Å². The van der Waals surface area contributed by atoms with Crippen molar-refractivity contribution in [2.45, 2.75) is 26.3 Å². The fourth-order valence-corrected chi connectivity index (χ4v) is 1.98. The number of rotatable bonds is 2. The molecule has 0 aliphatic heterocycles. The number of para-hydroxylation sites is 1. The molecule has 1 aromatic heterocycles. The molecule has 2 aromatic rings. The third-order valence-corrected chi connectivity index (χ3v) is 2.99. The quantitative estimate of drug-likeness (QED) is 0.746. The van der Waals surface area contributed by atoms with Gasteiger partial charge in [-0.05, 0) is 26.8 Å². The Kier molecular flexibility index (Phi) is 2.65. The second-order valence-electron chi connectivity index (χ2n) is 4.56. The first-order valence-electron chi connectivity index (χ1n) is 5.51. The molecular formula is C13H16N2O2. The maximum absolute atomic E-state index is 11.8. The molecule has 0 saturated heterocycles. The zero-order chi connectivity index (χ0) is 12.6. The van der Waals surface area contributed by atoms with Gasteiger partial charge < -0.3 is 4.74 Å². The number of aryl methyl sites for hydroxylation is 1. The molecule has 2 rings (SSSR count). The Morgan fingerprint density at radius 1 is 1.35 bits per heavy atom. The van der Waals surface area contributed by atoms with Crippen molar-refractivity contribution in [3.05, 3.63) is 30.0 Å². The first-order valence-corrected chi connectivity index (χ1v) is 5.51. The SMILES string of the molecule is COC(=O)C(C)(C)n1nc(C)c2ccccc21. The predicted octanol–water partition coefficient (Wildman–Crippen LogP) is 2.25. The number of methoxy groups -OCH3 is 1. The highest BCUT2D eigenvalue weighted by Crippen LogP contribution is 2.25. The number of hydrogen-bond acceptors (Lipinski definition) is 3. The molecule has 17 heavy (non-hydrogen) atoms. The molecule has 0 bridgehead atoms. The van der Waals surface area contributed by atoms with Crippen LogP contribution in [0.3, 0.4) is 0 Å². The van der Waals surface area contributed by atoms with E-state index in [2.05, 4.69) is 5.10 Å². The summed E-state index contributed by atoms with van der Waals surface area (Å²) in [5.74, 6) is -0.300. The van der Waals surface area contributed by atoms with Gasteiger partial charge in [-0.15, -0.1) is 0 Å². The summed E-state index contributed by atoms with van der Waals surface area (Å²) in [6, 6.07) is 7.86. The Morgan fingerprint density at radius 2 is 2.00 bits per heavy atom. The molecule has 0 saturated carbocycles. The Morgan fingerprint density at radius 3 is 2.65 bits per heavy atom. The van der Waals surface area contributed by atoms with Crippen LogP contribution in [-0.2, 0) is 15.1 Å². The normalized spacial score (nSPS) is 11.8. The zero-order valence-corrected chi connectivity index (χ0v) is 10.5. The zero-order valence-electron chi connectivity index (χ0n) is 10.5. The van der Waals surface area contributed by atoms with Gasteiger partial charge in [-0.25, -0.2) is 9.48 Å². The van der Waals surface area contributed by atoms with Gasteiger partial charge in [0.25, 0.3) is 0 Å². The van der Waals surface area contributed by atoms with Crippen LogP contribution in [-0.4, -0.2) is 22.9 Å². The summed E-state index contributed by atoms with van der Waals surface area (Å²) >= 11 is 0. The van der Waals surface area contributed by atoms with E-state index in [-0.39, 0.29) is 5.97 Å². The molecule has 0 radical (unpaired) electrons. The molecule has 0 unspecified atom stereocenters. The van der Waals surface area contributed by atoms with E-state index in [0.717, 1.165) is 16.6 Å². The summed E-state index contributed by atoms with van der Waals surface area (Å²) in [4.78, 5) is 11.8. The summed E-state index contributed by atoms with van der Waals surface area (Å²) in [5.41, 5.74) is 1.06. The van der Waals surface area contributed by atoms with Crippen molar-refractivity contribution >= 4 is 16.9 Å². The van der Waals surface area contributed by atoms with Gasteiger partial charge in [-0.3, -0.25) is 0 Å². The third kappa shape index (κ3) is 1.69. The van der Waals surface area contributed by atoms with Gasteiger partial charge in [-0.2, -0.15) is 5.10 Å². The van der Waals surface area contributed by atoms with Gasteiger partial charge in [0.05, 0.1) is 18.3 Å². The van der Waals surface area contributed by atoms with Crippen LogP contribution < -0.4 is 0 Å². The maximum atomic E-state index is 11.8. The summed E-state index contributed by atoms with van der Waals surface area (Å²) in [6.45, 7) is 5.54. The van der Waals surface area contributed by atoms with E-state index in [4.69, 9.17) is 4.74 Å². The number of aromatic nitrogens is 2. The van der Waals surface area contributed by atoms with E-state index < -0.39 is 5.54 Å². The van der Waals surface area contributed by atoms with Crippen LogP contribution in [0.1, 0.15) is 19.5 Å². The van der Waals surface area contributed by atoms with E-state index >= 15 is 0 Å². The molecule has 0 N–H and O–H groups in total. The fraction of sp³-hybridized carbons (Fsp3) is 0.385. The minimum absolute atomic E-state index is 0.300. The Labute approximate surface area is 100 Å². The van der Waals surface area contributed by atoms with Crippen molar-refractivity contribution in [1.29, 1.82) is 0 Å². The van der Waals surface area contributed by atoms with Crippen molar-refractivity contribution in [2.24, 2.45) is 0 Å². The molecule has 0 spiro atoms. The van der Waals surface area contributed by atoms with Crippen LogP contribution in [0.4, 0.5) is 0 Å². The minimum atomic E-state index is -0.803. The Balaban J connectivity index is 2.68. The van der Waals surface area contributed by atoms with Gasteiger partial charge in [0, 0.05) is 5.39 Å². The van der Waals surface area contributed by atoms with Crippen molar-refractivity contribution in [1.82, 2.24) is 9.78 Å². The van der Waals surface area contributed by atoms with E-state index in [0.29, 0.717) is 0 Å². The lowest BCUT2D eigenvalue weighted by Crippen LogP contribution is -2.37. The fourth-order valence-electron chi connectivity index (χ4n) is 1.98. The Hall–Kier alpha value is -1.84. The van der Waals surface area contributed by atoms with Gasteiger partial charge in [-0.1, -0.05) is 18.2 Å². The lowest BCUT2D eigenvalue weighted by atomic mass is 10.1. The number of carbonyl (C=O) groups is 1. The number of esters is 1. The molecule has 4 nitrogen and oxygen atoms in total. The molecule has 1 aromatic carbocycles. The summed E-state index contributed by atoms with van der Waals surface area (Å²) in [5, 5.41) is 5.51. The minimum Gasteiger partial charge on any atom is -0.467 e. The second-order valence-corrected chi connectivity index (χ2v) is 4.56. The van der Waals surface area contributed by atoms with Crippen molar-refractivity contribution in [3.63, 3.8) is 0 Å². The number of hydrogen-bond donors (Lipinski definition) is 0. The van der Waals surface area contributed by atoms with Gasteiger partial charge in [0.15, 0.2) is 5.54 Å². The third-order valence-electron chi connectivity index (χ3n) is 2.99. The van der Waals surface area contributed by atoms with Crippen LogP contribution in [0.5, 0.6) is 0 Å². The Bertz CT molecular complexity index is 570. The van der Waals surface area contributed by atoms with Crippen LogP contribution in [0, 0.1) is 6.92 Å². The first-order chi connectivity index (χ1) is 7.98. The molecule has 0 fully saturated rings. The topological polar surface area (TPSA) is 44.1 Å². The predicted molar refractivity (Wildman–Crippen MR) is 65.8 cm³/mol. The molecule has 90 valence electrons. The number of fused-ring (bicyclic) bond motifs is 1. The second kappa shape index (κ2) is 3.87. The molecular weight excluding hydrogens is 216 g/mol. The van der Waals surface area contributed by atoms with Gasteiger partial charge >= 0.3 is 5.97 Å². The largest absolute Gasteiger partial charge is 0.467 e. The smallest absolute Gasteiger partial charge is 0.333 e. The monoisotopic (exact) mass is 232 g/mol. The number of ether oxygens (including phenoxy) is 1. The number of carbonyl (C=O) groups excluding carboxylic acids is 1. The van der Waals surface area contributed by atoms with Crippen LogP contribution >= 0.6 is 0 Å². The van der Waals surface area contributed by atoms with Crippen molar-refractivity contribution < 1.29 is 9.53 Å². The van der Waals surface area contributed by atoms with Crippen LogP contribution in [0.15, 0.2) is 24.3 Å². The average Bonchev–Trinajstić information content (AvgIpc) is 2.67. The van der Waals surface area contributed by atoms with Crippen molar-refractivity contribution in [3.8, 4) is 0 Å². The van der Waals surface area contributed by atoms with Crippen molar-refractivity contribution in [2.75, 3.05) is 7.11 Å². The van der Waals surface area contributed by atoms with Crippen LogP contribution in [0.2, 0.25) is 0 Å². The van der Waals surface area contributed by atoms with E-state index in [9.17, 15) is 4.79 Å². The maximum Gasteiger partial charge on any atom is 0.333 e. The molecule has 1 heterocycles. The molecule has 4 heteroatoms. The van der Waals surface area contributed by atoms with E-state index in [1.165, 1.54) is 7.11 Å². The van der Waals surface area contributed by atoms with Gasteiger partial charge in [0.2, 0.25) is 0 Å². The summed E-state index contributed by atoms with van der Waals surface area (Å²) in [6.07, 6.45) is 0. The number of benzene rings is 1.